The highest BCUT2D eigenvalue weighted by Gasteiger charge is 2.17. The number of benzene rings is 2. The Bertz CT molecular complexity index is 1020. The first-order valence-corrected chi connectivity index (χ1v) is 9.10. The molecule has 26 heavy (non-hydrogen) atoms. The first-order valence-electron chi connectivity index (χ1n) is 7.62. The van der Waals surface area contributed by atoms with Gasteiger partial charge in [-0.05, 0) is 55.0 Å². The molecule has 3 aromatic rings. The molecule has 0 bridgehead atoms. The Morgan fingerprint density at radius 1 is 1.19 bits per heavy atom. The first kappa shape index (κ1) is 18.0. The predicted octanol–water partition coefficient (Wildman–Crippen LogP) is 2.67. The van der Waals surface area contributed by atoms with Crippen LogP contribution in [0.15, 0.2) is 51.9 Å². The van der Waals surface area contributed by atoms with Crippen molar-refractivity contribution in [1.29, 1.82) is 0 Å². The zero-order valence-corrected chi connectivity index (χ0v) is 14.9. The summed E-state index contributed by atoms with van der Waals surface area (Å²) in [5, 5.41) is 3.83. The van der Waals surface area contributed by atoms with E-state index in [9.17, 15) is 12.8 Å². The van der Waals surface area contributed by atoms with Crippen LogP contribution in [0, 0.1) is 12.7 Å². The average molecular weight is 377 g/mol. The van der Waals surface area contributed by atoms with Crippen LogP contribution in [0.4, 0.5) is 4.39 Å². The number of hydrogen-bond donors (Lipinski definition) is 1. The second kappa shape index (κ2) is 7.22. The minimum absolute atomic E-state index is 0.0358. The van der Waals surface area contributed by atoms with Gasteiger partial charge < -0.3 is 9.26 Å². The van der Waals surface area contributed by atoms with Crippen molar-refractivity contribution in [3.8, 4) is 17.1 Å². The summed E-state index contributed by atoms with van der Waals surface area (Å²) in [6.07, 6.45) is 0. The third-order valence-electron chi connectivity index (χ3n) is 3.67. The summed E-state index contributed by atoms with van der Waals surface area (Å²) in [6, 6.07) is 10.6. The highest BCUT2D eigenvalue weighted by molar-refractivity contribution is 7.89. The van der Waals surface area contributed by atoms with E-state index in [2.05, 4.69) is 14.9 Å². The summed E-state index contributed by atoms with van der Waals surface area (Å²) in [6.45, 7) is 1.31. The minimum Gasteiger partial charge on any atom is -0.497 e. The molecule has 2 aromatic carbocycles. The van der Waals surface area contributed by atoms with Gasteiger partial charge in [0.05, 0.1) is 18.6 Å². The number of aryl methyl sites for hydroxylation is 1. The van der Waals surface area contributed by atoms with Gasteiger partial charge in [0.15, 0.2) is 0 Å². The van der Waals surface area contributed by atoms with Gasteiger partial charge in [0.25, 0.3) is 0 Å². The molecule has 0 unspecified atom stereocenters. The van der Waals surface area contributed by atoms with E-state index in [1.165, 1.54) is 19.1 Å². The van der Waals surface area contributed by atoms with E-state index in [0.29, 0.717) is 17.1 Å². The average Bonchev–Trinajstić information content (AvgIpc) is 3.11. The van der Waals surface area contributed by atoms with E-state index in [4.69, 9.17) is 9.26 Å². The Kier molecular flexibility index (Phi) is 5.01. The molecule has 0 radical (unpaired) electrons. The van der Waals surface area contributed by atoms with E-state index in [1.807, 2.05) is 0 Å². The lowest BCUT2D eigenvalue weighted by Gasteiger charge is -2.05. The molecule has 1 aromatic heterocycles. The van der Waals surface area contributed by atoms with Crippen LogP contribution in [0.5, 0.6) is 5.75 Å². The van der Waals surface area contributed by atoms with Crippen LogP contribution in [0.1, 0.15) is 11.5 Å². The van der Waals surface area contributed by atoms with Crippen LogP contribution >= 0.6 is 0 Å². The van der Waals surface area contributed by atoms with Crippen molar-refractivity contribution in [3.63, 3.8) is 0 Å². The molecular formula is C17H16FN3O4S. The van der Waals surface area contributed by atoms with E-state index in [1.54, 1.807) is 31.4 Å². The fraction of sp³-hybridized carbons (Fsp3) is 0.176. The molecule has 0 fully saturated rings. The third-order valence-corrected chi connectivity index (χ3v) is 5.07. The van der Waals surface area contributed by atoms with Crippen LogP contribution < -0.4 is 9.46 Å². The van der Waals surface area contributed by atoms with Crippen LogP contribution in [0.25, 0.3) is 11.4 Å². The quantitative estimate of drug-likeness (QED) is 0.710. The van der Waals surface area contributed by atoms with Crippen molar-refractivity contribution >= 4 is 10.0 Å². The van der Waals surface area contributed by atoms with E-state index in [0.717, 1.165) is 6.07 Å². The maximum Gasteiger partial charge on any atom is 0.242 e. The van der Waals surface area contributed by atoms with Crippen LogP contribution in [0.2, 0.25) is 0 Å². The smallest absolute Gasteiger partial charge is 0.242 e. The minimum atomic E-state index is -3.82. The normalized spacial score (nSPS) is 11.5. The molecule has 136 valence electrons. The molecule has 7 nitrogen and oxygen atoms in total. The molecule has 0 aliphatic heterocycles. The molecule has 0 aliphatic rings. The van der Waals surface area contributed by atoms with Crippen molar-refractivity contribution in [3.05, 3.63) is 59.7 Å². The van der Waals surface area contributed by atoms with E-state index < -0.39 is 15.8 Å². The zero-order chi connectivity index (χ0) is 18.7. The second-order valence-electron chi connectivity index (χ2n) is 5.48. The van der Waals surface area contributed by atoms with E-state index >= 15 is 0 Å². The summed E-state index contributed by atoms with van der Waals surface area (Å²) in [5.41, 5.74) is 0.949. The summed E-state index contributed by atoms with van der Waals surface area (Å²) in [7, 11) is -2.26. The number of methoxy groups -OCH3 is 1. The van der Waals surface area contributed by atoms with Crippen LogP contribution in [-0.4, -0.2) is 25.7 Å². The SMILES string of the molecule is COc1ccc(-c2noc(CNS(=O)(=O)c3ccc(F)c(C)c3)n2)cc1. The molecule has 0 amide bonds. The Balaban J connectivity index is 1.71. The standard InChI is InChI=1S/C17H16FN3O4S/c1-11-9-14(7-8-15(11)18)26(22,23)19-10-16-20-17(21-25-16)12-3-5-13(24-2)6-4-12/h3-9,19H,10H2,1-2H3. The molecule has 9 heteroatoms. The number of sulfonamides is 1. The summed E-state index contributed by atoms with van der Waals surface area (Å²) in [4.78, 5) is 4.12. The first-order chi connectivity index (χ1) is 12.4. The van der Waals surface area contributed by atoms with Gasteiger partial charge in [-0.25, -0.2) is 17.5 Å². The third kappa shape index (κ3) is 3.89. The highest BCUT2D eigenvalue weighted by atomic mass is 32.2. The topological polar surface area (TPSA) is 94.3 Å². The second-order valence-corrected chi connectivity index (χ2v) is 7.24. The molecule has 0 saturated carbocycles. The Morgan fingerprint density at radius 2 is 1.92 bits per heavy atom. The van der Waals surface area contributed by atoms with Crippen molar-refractivity contribution in [1.82, 2.24) is 14.9 Å². The van der Waals surface area contributed by atoms with Gasteiger partial charge in [-0.15, -0.1) is 0 Å². The molecule has 0 atom stereocenters. The molecule has 1 N–H and O–H groups in total. The molecule has 0 saturated heterocycles. The molecule has 0 aliphatic carbocycles. The number of rotatable bonds is 6. The van der Waals surface area contributed by atoms with Gasteiger partial charge in [-0.1, -0.05) is 5.16 Å². The van der Waals surface area contributed by atoms with Crippen molar-refractivity contribution in [2.75, 3.05) is 7.11 Å². The lowest BCUT2D eigenvalue weighted by atomic mass is 10.2. The number of nitrogens with zero attached hydrogens (tertiary/aromatic N) is 2. The summed E-state index contributed by atoms with van der Waals surface area (Å²) < 4.78 is 50.4. The van der Waals surface area contributed by atoms with Crippen molar-refractivity contribution in [2.45, 2.75) is 18.4 Å². The number of nitrogens with one attached hydrogen (secondary N) is 1. The largest absolute Gasteiger partial charge is 0.497 e. The molecule has 1 heterocycles. The van der Waals surface area contributed by atoms with Gasteiger partial charge in [0.1, 0.15) is 11.6 Å². The number of aromatic nitrogens is 2. The van der Waals surface area contributed by atoms with Crippen molar-refractivity contribution < 1.29 is 22.1 Å². The zero-order valence-electron chi connectivity index (χ0n) is 14.1. The lowest BCUT2D eigenvalue weighted by Crippen LogP contribution is -2.23. The number of hydrogen-bond acceptors (Lipinski definition) is 6. The lowest BCUT2D eigenvalue weighted by molar-refractivity contribution is 0.376. The Morgan fingerprint density at radius 3 is 2.58 bits per heavy atom. The highest BCUT2D eigenvalue weighted by Crippen LogP contribution is 2.20. The van der Waals surface area contributed by atoms with Gasteiger partial charge >= 0.3 is 0 Å². The van der Waals surface area contributed by atoms with E-state index in [-0.39, 0.29) is 22.9 Å². The monoisotopic (exact) mass is 377 g/mol. The fourth-order valence-corrected chi connectivity index (χ4v) is 3.27. The fourth-order valence-electron chi connectivity index (χ4n) is 2.21. The Hall–Kier alpha value is -2.78. The number of halogens is 1. The number of ether oxygens (including phenoxy) is 1. The van der Waals surface area contributed by atoms with Gasteiger partial charge in [-0.3, -0.25) is 0 Å². The molecule has 0 spiro atoms. The molecular weight excluding hydrogens is 361 g/mol. The van der Waals surface area contributed by atoms with Gasteiger partial charge in [0, 0.05) is 5.56 Å². The van der Waals surface area contributed by atoms with Gasteiger partial charge in [0.2, 0.25) is 21.7 Å². The maximum absolute atomic E-state index is 13.3. The van der Waals surface area contributed by atoms with Gasteiger partial charge in [-0.2, -0.15) is 4.98 Å². The molecule has 3 rings (SSSR count). The predicted molar refractivity (Wildman–Crippen MR) is 91.4 cm³/mol. The summed E-state index contributed by atoms with van der Waals surface area (Å²) in [5.74, 6) is 0.669. The van der Waals surface area contributed by atoms with Crippen LogP contribution in [0.3, 0.4) is 0 Å². The summed E-state index contributed by atoms with van der Waals surface area (Å²) >= 11 is 0. The van der Waals surface area contributed by atoms with Crippen molar-refractivity contribution in [2.24, 2.45) is 0 Å². The van der Waals surface area contributed by atoms with Crippen LogP contribution in [-0.2, 0) is 16.6 Å². The Labute approximate surface area is 149 Å². The maximum atomic E-state index is 13.3.